The van der Waals surface area contributed by atoms with E-state index in [2.05, 4.69) is 28.0 Å². The first-order valence-corrected chi connectivity index (χ1v) is 7.11. The Balaban J connectivity index is 1.67. The van der Waals surface area contributed by atoms with Crippen molar-refractivity contribution in [1.82, 2.24) is 9.55 Å². The number of anilines is 1. The van der Waals surface area contributed by atoms with Gasteiger partial charge in [-0.15, -0.1) is 0 Å². The zero-order valence-electron chi connectivity index (χ0n) is 10.8. The fraction of sp³-hybridized carbons (Fsp3) is 0.786. The number of hydrogen-bond acceptors (Lipinski definition) is 2. The highest BCUT2D eigenvalue weighted by molar-refractivity contribution is 5.32. The van der Waals surface area contributed by atoms with Gasteiger partial charge in [0.2, 0.25) is 5.95 Å². The summed E-state index contributed by atoms with van der Waals surface area (Å²) >= 11 is 0. The van der Waals surface area contributed by atoms with Crippen LogP contribution in [0.5, 0.6) is 0 Å². The molecule has 3 heteroatoms. The Morgan fingerprint density at radius 3 is 2.71 bits per heavy atom. The van der Waals surface area contributed by atoms with Crippen LogP contribution in [0.4, 0.5) is 5.95 Å². The Kier molecular flexibility index (Phi) is 3.08. The van der Waals surface area contributed by atoms with Crippen LogP contribution < -0.4 is 5.32 Å². The quantitative estimate of drug-likeness (QED) is 0.864. The second-order valence-electron chi connectivity index (χ2n) is 5.78. The van der Waals surface area contributed by atoms with Gasteiger partial charge in [0.1, 0.15) is 0 Å². The first kappa shape index (κ1) is 11.1. The maximum atomic E-state index is 4.61. The van der Waals surface area contributed by atoms with Crippen molar-refractivity contribution < 1.29 is 0 Å². The van der Waals surface area contributed by atoms with Gasteiger partial charge in [-0.25, -0.2) is 4.98 Å². The summed E-state index contributed by atoms with van der Waals surface area (Å²) < 4.78 is 2.35. The van der Waals surface area contributed by atoms with Gasteiger partial charge in [-0.3, -0.25) is 0 Å². The Bertz CT molecular complexity index is 373. The minimum Gasteiger partial charge on any atom is -0.353 e. The van der Waals surface area contributed by atoms with Crippen molar-refractivity contribution in [3.8, 4) is 0 Å². The van der Waals surface area contributed by atoms with E-state index in [0.29, 0.717) is 6.04 Å². The van der Waals surface area contributed by atoms with Crippen molar-refractivity contribution in [3.63, 3.8) is 0 Å². The van der Waals surface area contributed by atoms with E-state index in [1.807, 2.05) is 0 Å². The molecular formula is C14H23N3. The van der Waals surface area contributed by atoms with Crippen molar-refractivity contribution in [2.45, 2.75) is 64.5 Å². The third-order valence-electron chi connectivity index (χ3n) is 3.99. The number of aryl methyl sites for hydroxylation is 1. The predicted molar refractivity (Wildman–Crippen MR) is 70.2 cm³/mol. The molecule has 0 unspecified atom stereocenters. The monoisotopic (exact) mass is 233 g/mol. The summed E-state index contributed by atoms with van der Waals surface area (Å²) in [6.45, 7) is 3.26. The van der Waals surface area contributed by atoms with E-state index in [0.717, 1.165) is 24.1 Å². The molecule has 3 nitrogen and oxygen atoms in total. The van der Waals surface area contributed by atoms with Crippen LogP contribution in [0.1, 0.15) is 50.6 Å². The zero-order chi connectivity index (χ0) is 11.7. The Labute approximate surface area is 104 Å². The van der Waals surface area contributed by atoms with Crippen LogP contribution in [0.15, 0.2) is 6.20 Å². The number of rotatable bonds is 4. The van der Waals surface area contributed by atoms with Gasteiger partial charge in [0.25, 0.3) is 0 Å². The van der Waals surface area contributed by atoms with E-state index < -0.39 is 0 Å². The van der Waals surface area contributed by atoms with Crippen molar-refractivity contribution in [2.75, 3.05) is 5.32 Å². The number of imidazole rings is 1. The Morgan fingerprint density at radius 2 is 2.00 bits per heavy atom. The summed E-state index contributed by atoms with van der Waals surface area (Å²) in [6.07, 6.45) is 11.9. The topological polar surface area (TPSA) is 29.9 Å². The maximum absolute atomic E-state index is 4.61. The molecule has 0 amide bonds. The molecule has 2 aliphatic rings. The summed E-state index contributed by atoms with van der Waals surface area (Å²) in [4.78, 5) is 4.61. The maximum Gasteiger partial charge on any atom is 0.203 e. The second kappa shape index (κ2) is 4.71. The molecule has 0 aliphatic heterocycles. The van der Waals surface area contributed by atoms with E-state index in [1.54, 1.807) is 0 Å². The van der Waals surface area contributed by atoms with Gasteiger partial charge in [0.05, 0.1) is 5.69 Å². The molecule has 1 aromatic heterocycles. The second-order valence-corrected chi connectivity index (χ2v) is 5.78. The van der Waals surface area contributed by atoms with Crippen LogP contribution in [0.2, 0.25) is 0 Å². The number of nitrogens with one attached hydrogen (secondary N) is 1. The van der Waals surface area contributed by atoms with Crippen LogP contribution in [0.25, 0.3) is 0 Å². The molecule has 0 atom stereocenters. The summed E-state index contributed by atoms with van der Waals surface area (Å²) in [5.41, 5.74) is 1.14. The number of hydrogen-bond donors (Lipinski definition) is 1. The summed E-state index contributed by atoms with van der Waals surface area (Å²) in [7, 11) is 0. The van der Waals surface area contributed by atoms with Crippen LogP contribution in [-0.2, 0) is 6.54 Å². The first-order chi connectivity index (χ1) is 8.31. The standard InChI is InChI=1S/C14H23N3/c1-11-9-17(10-12-5-3-2-4-6-12)14(15-11)16-13-7-8-13/h9,12-13H,2-8,10H2,1H3,(H,15,16). The Hall–Kier alpha value is -0.990. The third-order valence-corrected chi connectivity index (χ3v) is 3.99. The molecule has 0 spiro atoms. The predicted octanol–water partition coefficient (Wildman–Crippen LogP) is 3.35. The van der Waals surface area contributed by atoms with Crippen LogP contribution >= 0.6 is 0 Å². The fourth-order valence-corrected chi connectivity index (χ4v) is 2.86. The lowest BCUT2D eigenvalue weighted by Gasteiger charge is -2.22. The van der Waals surface area contributed by atoms with Crippen LogP contribution in [0, 0.1) is 12.8 Å². The molecule has 0 aromatic carbocycles. The van der Waals surface area contributed by atoms with Crippen molar-refractivity contribution in [3.05, 3.63) is 11.9 Å². The highest BCUT2D eigenvalue weighted by Gasteiger charge is 2.23. The summed E-state index contributed by atoms with van der Waals surface area (Å²) in [5, 5.41) is 3.55. The molecule has 0 radical (unpaired) electrons. The molecule has 1 aromatic rings. The van der Waals surface area contributed by atoms with Crippen LogP contribution in [0.3, 0.4) is 0 Å². The van der Waals surface area contributed by atoms with E-state index >= 15 is 0 Å². The van der Waals surface area contributed by atoms with Crippen molar-refractivity contribution >= 4 is 5.95 Å². The minimum absolute atomic E-state index is 0.696. The number of aromatic nitrogens is 2. The van der Waals surface area contributed by atoms with Crippen LogP contribution in [-0.4, -0.2) is 15.6 Å². The van der Waals surface area contributed by atoms with Gasteiger partial charge in [-0.1, -0.05) is 19.3 Å². The normalized spacial score (nSPS) is 21.7. The average molecular weight is 233 g/mol. The number of nitrogens with zero attached hydrogens (tertiary/aromatic N) is 2. The molecule has 2 aliphatic carbocycles. The lowest BCUT2D eigenvalue weighted by molar-refractivity contribution is 0.320. The lowest BCUT2D eigenvalue weighted by atomic mass is 9.89. The van der Waals surface area contributed by atoms with Gasteiger partial charge in [0.15, 0.2) is 0 Å². The molecule has 1 heterocycles. The Morgan fingerprint density at radius 1 is 1.24 bits per heavy atom. The molecule has 3 rings (SSSR count). The first-order valence-electron chi connectivity index (χ1n) is 7.11. The largest absolute Gasteiger partial charge is 0.353 e. The highest BCUT2D eigenvalue weighted by Crippen LogP contribution is 2.28. The SMILES string of the molecule is Cc1cn(CC2CCCCC2)c(NC2CC2)n1. The fourth-order valence-electron chi connectivity index (χ4n) is 2.86. The third kappa shape index (κ3) is 2.82. The van der Waals surface area contributed by atoms with E-state index in [9.17, 15) is 0 Å². The zero-order valence-corrected chi connectivity index (χ0v) is 10.8. The van der Waals surface area contributed by atoms with Gasteiger partial charge < -0.3 is 9.88 Å². The highest BCUT2D eigenvalue weighted by atomic mass is 15.2. The van der Waals surface area contributed by atoms with E-state index in [4.69, 9.17) is 0 Å². The molecule has 2 fully saturated rings. The van der Waals surface area contributed by atoms with Crippen molar-refractivity contribution in [2.24, 2.45) is 5.92 Å². The van der Waals surface area contributed by atoms with Gasteiger partial charge in [-0.2, -0.15) is 0 Å². The molecule has 94 valence electrons. The molecular weight excluding hydrogens is 210 g/mol. The summed E-state index contributed by atoms with van der Waals surface area (Å²) in [5.74, 6) is 1.98. The minimum atomic E-state index is 0.696. The van der Waals surface area contributed by atoms with Crippen molar-refractivity contribution in [1.29, 1.82) is 0 Å². The summed E-state index contributed by atoms with van der Waals surface area (Å²) in [6, 6.07) is 0.696. The van der Waals surface area contributed by atoms with Gasteiger partial charge >= 0.3 is 0 Å². The van der Waals surface area contributed by atoms with Gasteiger partial charge in [0, 0.05) is 18.8 Å². The smallest absolute Gasteiger partial charge is 0.203 e. The molecule has 1 N–H and O–H groups in total. The molecule has 0 saturated heterocycles. The van der Waals surface area contributed by atoms with Gasteiger partial charge in [-0.05, 0) is 38.5 Å². The molecule has 2 saturated carbocycles. The molecule has 0 bridgehead atoms. The average Bonchev–Trinajstić information content (AvgIpc) is 3.06. The van der Waals surface area contributed by atoms with E-state index in [-0.39, 0.29) is 0 Å². The lowest BCUT2D eigenvalue weighted by Crippen LogP contribution is -2.16. The molecule has 17 heavy (non-hydrogen) atoms. The van der Waals surface area contributed by atoms with E-state index in [1.165, 1.54) is 44.9 Å².